The van der Waals surface area contributed by atoms with E-state index in [1.165, 1.54) is 12.0 Å². The van der Waals surface area contributed by atoms with Gasteiger partial charge in [-0.3, -0.25) is 9.59 Å². The van der Waals surface area contributed by atoms with Crippen LogP contribution < -0.4 is 4.90 Å². The second kappa shape index (κ2) is 7.16. The molecule has 4 nitrogen and oxygen atoms in total. The van der Waals surface area contributed by atoms with E-state index in [0.717, 1.165) is 31.5 Å². The number of carboxylic acids is 1. The molecule has 1 heterocycles. The molecule has 1 aliphatic carbocycles. The van der Waals surface area contributed by atoms with Crippen molar-refractivity contribution in [2.24, 2.45) is 11.8 Å². The van der Waals surface area contributed by atoms with Crippen LogP contribution in [0.5, 0.6) is 0 Å². The molecule has 0 unspecified atom stereocenters. The Labute approximate surface area is 137 Å². The highest BCUT2D eigenvalue weighted by Gasteiger charge is 2.33. The van der Waals surface area contributed by atoms with Crippen molar-refractivity contribution < 1.29 is 14.7 Å². The molecule has 2 aliphatic rings. The molecule has 0 bridgehead atoms. The van der Waals surface area contributed by atoms with Crippen molar-refractivity contribution in [3.8, 4) is 0 Å². The van der Waals surface area contributed by atoms with Crippen LogP contribution in [-0.4, -0.2) is 23.5 Å². The minimum absolute atomic E-state index is 0.0157. The van der Waals surface area contributed by atoms with Gasteiger partial charge < -0.3 is 10.0 Å². The number of nitrogens with zero attached hydrogens (tertiary/aromatic N) is 1. The SMILES string of the molecule is O=C(O)C1CCC(C(=O)N2CCCCCc3ccccc32)CC1. The summed E-state index contributed by atoms with van der Waals surface area (Å²) in [6, 6.07) is 8.23. The van der Waals surface area contributed by atoms with Crippen LogP contribution in [0.3, 0.4) is 0 Å². The van der Waals surface area contributed by atoms with E-state index < -0.39 is 5.97 Å². The first-order chi connectivity index (χ1) is 11.2. The topological polar surface area (TPSA) is 57.6 Å². The lowest BCUT2D eigenvalue weighted by atomic mass is 9.81. The van der Waals surface area contributed by atoms with E-state index in [-0.39, 0.29) is 17.7 Å². The van der Waals surface area contributed by atoms with E-state index in [4.69, 9.17) is 5.11 Å². The monoisotopic (exact) mass is 315 g/mol. The van der Waals surface area contributed by atoms with Crippen LogP contribution in [-0.2, 0) is 16.0 Å². The maximum atomic E-state index is 13.0. The number of carbonyl (C=O) groups excluding carboxylic acids is 1. The van der Waals surface area contributed by atoms with E-state index in [2.05, 4.69) is 12.1 Å². The van der Waals surface area contributed by atoms with Crippen molar-refractivity contribution in [3.63, 3.8) is 0 Å². The summed E-state index contributed by atoms with van der Waals surface area (Å²) in [6.07, 6.45) is 7.08. The van der Waals surface area contributed by atoms with E-state index in [1.807, 2.05) is 17.0 Å². The standard InChI is InChI=1S/C19H25NO3/c21-18(15-9-11-16(12-10-15)19(22)23)20-13-5-1-2-6-14-7-3-4-8-17(14)20/h3-4,7-8,15-16H,1-2,5-6,9-13H2,(H,22,23). The lowest BCUT2D eigenvalue weighted by Crippen LogP contribution is -2.40. The highest BCUT2D eigenvalue weighted by atomic mass is 16.4. The van der Waals surface area contributed by atoms with E-state index in [1.54, 1.807) is 0 Å². The van der Waals surface area contributed by atoms with Crippen molar-refractivity contribution >= 4 is 17.6 Å². The average molecular weight is 315 g/mol. The predicted molar refractivity (Wildman–Crippen MR) is 89.4 cm³/mol. The average Bonchev–Trinajstić information content (AvgIpc) is 2.55. The van der Waals surface area contributed by atoms with E-state index >= 15 is 0 Å². The quantitative estimate of drug-likeness (QED) is 0.906. The fourth-order valence-corrected chi connectivity index (χ4v) is 3.90. The summed E-state index contributed by atoms with van der Waals surface area (Å²) in [7, 11) is 0. The molecule has 1 aromatic rings. The molecule has 1 aliphatic heterocycles. The third kappa shape index (κ3) is 3.57. The zero-order valence-corrected chi connectivity index (χ0v) is 13.5. The minimum atomic E-state index is -0.715. The molecule has 0 radical (unpaired) electrons. The third-order valence-corrected chi connectivity index (χ3v) is 5.30. The number of para-hydroxylation sites is 1. The Bertz CT molecular complexity index is 576. The first-order valence-electron chi connectivity index (χ1n) is 8.79. The molecule has 1 amide bonds. The van der Waals surface area contributed by atoms with Crippen molar-refractivity contribution in [2.75, 3.05) is 11.4 Å². The summed E-state index contributed by atoms with van der Waals surface area (Å²) in [6.45, 7) is 0.786. The fourth-order valence-electron chi connectivity index (χ4n) is 3.90. The first kappa shape index (κ1) is 16.0. The number of benzene rings is 1. The number of fused-ring (bicyclic) bond motifs is 1. The molecule has 23 heavy (non-hydrogen) atoms. The van der Waals surface area contributed by atoms with Gasteiger partial charge in [-0.05, 0) is 56.6 Å². The van der Waals surface area contributed by atoms with Gasteiger partial charge in [0, 0.05) is 18.2 Å². The fraction of sp³-hybridized carbons (Fsp3) is 0.579. The normalized spacial score (nSPS) is 25.1. The van der Waals surface area contributed by atoms with Gasteiger partial charge in [0.1, 0.15) is 0 Å². The van der Waals surface area contributed by atoms with Crippen LogP contribution in [0, 0.1) is 11.8 Å². The van der Waals surface area contributed by atoms with Gasteiger partial charge in [0.2, 0.25) is 5.91 Å². The number of anilines is 1. The van der Waals surface area contributed by atoms with Crippen molar-refractivity contribution in [1.82, 2.24) is 0 Å². The summed E-state index contributed by atoms with van der Waals surface area (Å²) < 4.78 is 0. The molecular formula is C19H25NO3. The zero-order chi connectivity index (χ0) is 16.2. The Hall–Kier alpha value is -1.84. The Morgan fingerprint density at radius 1 is 0.957 bits per heavy atom. The predicted octanol–water partition coefficient (Wildman–Crippen LogP) is 3.64. The van der Waals surface area contributed by atoms with E-state index in [9.17, 15) is 9.59 Å². The van der Waals surface area contributed by atoms with Crippen LogP contribution in [0.4, 0.5) is 5.69 Å². The van der Waals surface area contributed by atoms with Gasteiger partial charge in [-0.2, -0.15) is 0 Å². The molecule has 1 aromatic carbocycles. The van der Waals surface area contributed by atoms with Gasteiger partial charge in [0.25, 0.3) is 0 Å². The summed E-state index contributed by atoms with van der Waals surface area (Å²) >= 11 is 0. The molecule has 0 saturated heterocycles. The molecule has 4 heteroatoms. The van der Waals surface area contributed by atoms with Gasteiger partial charge in [0.15, 0.2) is 0 Å². The molecule has 1 N–H and O–H groups in total. The summed E-state index contributed by atoms with van der Waals surface area (Å²) in [5.74, 6) is -0.799. The number of aliphatic carboxylic acids is 1. The van der Waals surface area contributed by atoms with Crippen LogP contribution in [0.25, 0.3) is 0 Å². The molecule has 1 saturated carbocycles. The Kier molecular flexibility index (Phi) is 4.99. The van der Waals surface area contributed by atoms with Gasteiger partial charge >= 0.3 is 5.97 Å². The Balaban J connectivity index is 1.75. The lowest BCUT2D eigenvalue weighted by Gasteiger charge is -2.33. The highest BCUT2D eigenvalue weighted by Crippen LogP contribution is 2.33. The van der Waals surface area contributed by atoms with Gasteiger partial charge in [-0.1, -0.05) is 24.6 Å². The van der Waals surface area contributed by atoms with Gasteiger partial charge in [0.05, 0.1) is 5.92 Å². The first-order valence-corrected chi connectivity index (χ1v) is 8.79. The number of aryl methyl sites for hydroxylation is 1. The van der Waals surface area contributed by atoms with Crippen LogP contribution in [0.1, 0.15) is 50.5 Å². The highest BCUT2D eigenvalue weighted by molar-refractivity contribution is 5.96. The largest absolute Gasteiger partial charge is 0.481 e. The van der Waals surface area contributed by atoms with Gasteiger partial charge in [-0.15, -0.1) is 0 Å². The van der Waals surface area contributed by atoms with Crippen LogP contribution >= 0.6 is 0 Å². The molecule has 0 atom stereocenters. The molecule has 124 valence electrons. The number of carbonyl (C=O) groups is 2. The Morgan fingerprint density at radius 3 is 2.39 bits per heavy atom. The lowest BCUT2D eigenvalue weighted by molar-refractivity contribution is -0.144. The molecule has 0 aromatic heterocycles. The summed E-state index contributed by atoms with van der Waals surface area (Å²) in [5.41, 5.74) is 2.33. The van der Waals surface area contributed by atoms with Crippen molar-refractivity contribution in [3.05, 3.63) is 29.8 Å². The number of hydrogen-bond donors (Lipinski definition) is 1. The van der Waals surface area contributed by atoms with E-state index in [0.29, 0.717) is 25.7 Å². The summed E-state index contributed by atoms with van der Waals surface area (Å²) in [4.78, 5) is 26.1. The Morgan fingerprint density at radius 2 is 1.65 bits per heavy atom. The maximum absolute atomic E-state index is 13.0. The molecule has 3 rings (SSSR count). The maximum Gasteiger partial charge on any atom is 0.306 e. The van der Waals surface area contributed by atoms with Gasteiger partial charge in [-0.25, -0.2) is 0 Å². The smallest absolute Gasteiger partial charge is 0.306 e. The number of carboxylic acid groups (broad SMARTS) is 1. The molecule has 1 fully saturated rings. The molecular weight excluding hydrogens is 290 g/mol. The number of hydrogen-bond acceptors (Lipinski definition) is 2. The van der Waals surface area contributed by atoms with Crippen LogP contribution in [0.2, 0.25) is 0 Å². The van der Waals surface area contributed by atoms with Crippen molar-refractivity contribution in [2.45, 2.75) is 51.4 Å². The van der Waals surface area contributed by atoms with Crippen molar-refractivity contribution in [1.29, 1.82) is 0 Å². The second-order valence-electron chi connectivity index (χ2n) is 6.82. The molecule has 0 spiro atoms. The minimum Gasteiger partial charge on any atom is -0.481 e. The zero-order valence-electron chi connectivity index (χ0n) is 13.5. The third-order valence-electron chi connectivity index (χ3n) is 5.30. The number of rotatable bonds is 2. The van der Waals surface area contributed by atoms with Crippen LogP contribution in [0.15, 0.2) is 24.3 Å². The number of amides is 1. The second-order valence-corrected chi connectivity index (χ2v) is 6.82. The summed E-state index contributed by atoms with van der Waals surface area (Å²) in [5, 5.41) is 9.12.